The summed E-state index contributed by atoms with van der Waals surface area (Å²) in [6.45, 7) is 3.85. The first-order chi connectivity index (χ1) is 9.95. The zero-order valence-electron chi connectivity index (χ0n) is 11.6. The summed E-state index contributed by atoms with van der Waals surface area (Å²) in [7, 11) is 0. The average Bonchev–Trinajstić information content (AvgIpc) is 2.42. The van der Waals surface area contributed by atoms with Gasteiger partial charge in [0.05, 0.1) is 16.7 Å². The van der Waals surface area contributed by atoms with Crippen molar-refractivity contribution in [2.45, 2.75) is 20.0 Å². The molecule has 21 heavy (non-hydrogen) atoms. The number of ether oxygens (including phenoxy) is 1. The predicted octanol–water partition coefficient (Wildman–Crippen LogP) is 4.54. The Morgan fingerprint density at radius 1 is 1.33 bits per heavy atom. The Hall–Kier alpha value is -1.59. The van der Waals surface area contributed by atoms with E-state index in [1.165, 1.54) is 6.20 Å². The van der Waals surface area contributed by atoms with E-state index < -0.39 is 0 Å². The van der Waals surface area contributed by atoms with Crippen LogP contribution < -0.4 is 10.1 Å². The number of aromatic nitrogens is 1. The second-order valence-electron chi connectivity index (χ2n) is 4.64. The lowest BCUT2D eigenvalue weighted by atomic mass is 10.2. The molecule has 0 unspecified atom stereocenters. The van der Waals surface area contributed by atoms with Crippen molar-refractivity contribution < 1.29 is 9.53 Å². The van der Waals surface area contributed by atoms with Gasteiger partial charge in [0.2, 0.25) is 0 Å². The Labute approximate surface area is 136 Å². The molecule has 0 aliphatic carbocycles. The number of amides is 1. The molecule has 1 N–H and O–H groups in total. The van der Waals surface area contributed by atoms with Gasteiger partial charge in [0, 0.05) is 11.9 Å². The molecule has 1 aromatic heterocycles. The molecule has 0 atom stereocenters. The normalized spacial score (nSPS) is 10.5. The van der Waals surface area contributed by atoms with Crippen molar-refractivity contribution in [1.82, 2.24) is 4.98 Å². The molecule has 0 aliphatic rings. The van der Waals surface area contributed by atoms with Crippen LogP contribution in [0.25, 0.3) is 0 Å². The fraction of sp³-hybridized carbons (Fsp3) is 0.200. The molecule has 1 aromatic carbocycles. The summed E-state index contributed by atoms with van der Waals surface area (Å²) in [4.78, 5) is 16.1. The Morgan fingerprint density at radius 3 is 2.67 bits per heavy atom. The van der Waals surface area contributed by atoms with E-state index in [1.54, 1.807) is 30.3 Å². The number of benzene rings is 1. The number of halogens is 2. The lowest BCUT2D eigenvalue weighted by Crippen LogP contribution is -2.12. The van der Waals surface area contributed by atoms with Gasteiger partial charge in [-0.15, -0.1) is 0 Å². The minimum absolute atomic E-state index is 0.0387. The standard InChI is InChI=1S/C15H14BrClN2O2/c1-9(2)21-13-5-4-11(7-12(13)17)19-15(20)10-3-6-14(16)18-8-10/h3-9H,1-2H3,(H,19,20). The van der Waals surface area contributed by atoms with Gasteiger partial charge in [0.15, 0.2) is 0 Å². The van der Waals surface area contributed by atoms with Crippen LogP contribution in [0, 0.1) is 0 Å². The summed E-state index contributed by atoms with van der Waals surface area (Å²) >= 11 is 9.35. The van der Waals surface area contributed by atoms with Gasteiger partial charge in [-0.1, -0.05) is 11.6 Å². The van der Waals surface area contributed by atoms with Crippen LogP contribution in [-0.2, 0) is 0 Å². The number of carbonyl (C=O) groups is 1. The summed E-state index contributed by atoms with van der Waals surface area (Å²) in [6.07, 6.45) is 1.54. The van der Waals surface area contributed by atoms with Crippen LogP contribution in [0.5, 0.6) is 5.75 Å². The van der Waals surface area contributed by atoms with Crippen molar-refractivity contribution in [3.8, 4) is 5.75 Å². The van der Waals surface area contributed by atoms with Gasteiger partial charge in [-0.05, 0) is 60.1 Å². The molecular weight excluding hydrogens is 356 g/mol. The van der Waals surface area contributed by atoms with Gasteiger partial charge in [0.1, 0.15) is 10.4 Å². The maximum absolute atomic E-state index is 12.1. The Balaban J connectivity index is 2.11. The molecule has 0 saturated carbocycles. The van der Waals surface area contributed by atoms with E-state index >= 15 is 0 Å². The molecule has 2 rings (SSSR count). The van der Waals surface area contributed by atoms with Crippen LogP contribution in [0.1, 0.15) is 24.2 Å². The van der Waals surface area contributed by atoms with Gasteiger partial charge in [-0.3, -0.25) is 4.79 Å². The summed E-state index contributed by atoms with van der Waals surface area (Å²) < 4.78 is 6.22. The highest BCUT2D eigenvalue weighted by atomic mass is 79.9. The third-order valence-corrected chi connectivity index (χ3v) is 3.31. The number of hydrogen-bond acceptors (Lipinski definition) is 3. The highest BCUT2D eigenvalue weighted by Gasteiger charge is 2.09. The zero-order valence-corrected chi connectivity index (χ0v) is 13.9. The van der Waals surface area contributed by atoms with Crippen LogP contribution >= 0.6 is 27.5 Å². The first kappa shape index (κ1) is 15.8. The molecule has 0 spiro atoms. The van der Waals surface area contributed by atoms with E-state index in [1.807, 2.05) is 13.8 Å². The average molecular weight is 370 g/mol. The van der Waals surface area contributed by atoms with Crippen LogP contribution in [0.3, 0.4) is 0 Å². The van der Waals surface area contributed by atoms with Gasteiger partial charge in [-0.2, -0.15) is 0 Å². The first-order valence-electron chi connectivity index (χ1n) is 6.35. The molecule has 2 aromatic rings. The molecule has 0 radical (unpaired) electrons. The highest BCUT2D eigenvalue weighted by molar-refractivity contribution is 9.10. The van der Waals surface area contributed by atoms with Gasteiger partial charge >= 0.3 is 0 Å². The summed E-state index contributed by atoms with van der Waals surface area (Å²) in [5.41, 5.74) is 1.07. The summed E-state index contributed by atoms with van der Waals surface area (Å²) in [6, 6.07) is 8.53. The predicted molar refractivity (Wildman–Crippen MR) is 87.1 cm³/mol. The van der Waals surface area contributed by atoms with Gasteiger partial charge in [-0.25, -0.2) is 4.98 Å². The van der Waals surface area contributed by atoms with Gasteiger partial charge in [0.25, 0.3) is 5.91 Å². The van der Waals surface area contributed by atoms with Crippen molar-refractivity contribution >= 4 is 39.1 Å². The molecule has 1 heterocycles. The molecule has 4 nitrogen and oxygen atoms in total. The van der Waals surface area contributed by atoms with Crippen LogP contribution in [-0.4, -0.2) is 17.0 Å². The number of anilines is 1. The highest BCUT2D eigenvalue weighted by Crippen LogP contribution is 2.28. The fourth-order valence-electron chi connectivity index (χ4n) is 1.64. The number of carbonyl (C=O) groups excluding carboxylic acids is 1. The minimum Gasteiger partial charge on any atom is -0.489 e. The van der Waals surface area contributed by atoms with Crippen LogP contribution in [0.4, 0.5) is 5.69 Å². The summed E-state index contributed by atoms with van der Waals surface area (Å²) in [5.74, 6) is 0.346. The van der Waals surface area contributed by atoms with Crippen molar-refractivity contribution in [2.24, 2.45) is 0 Å². The van der Waals surface area contributed by atoms with E-state index in [4.69, 9.17) is 16.3 Å². The smallest absolute Gasteiger partial charge is 0.257 e. The van der Waals surface area contributed by atoms with Crippen molar-refractivity contribution in [1.29, 1.82) is 0 Å². The fourth-order valence-corrected chi connectivity index (χ4v) is 2.10. The van der Waals surface area contributed by atoms with Crippen molar-refractivity contribution in [2.75, 3.05) is 5.32 Å². The van der Waals surface area contributed by atoms with E-state index in [9.17, 15) is 4.79 Å². The maximum atomic E-state index is 12.1. The molecule has 0 bridgehead atoms. The lowest BCUT2D eigenvalue weighted by molar-refractivity contribution is 0.102. The summed E-state index contributed by atoms with van der Waals surface area (Å²) in [5, 5.41) is 3.22. The third-order valence-electron chi connectivity index (χ3n) is 2.54. The number of nitrogens with one attached hydrogen (secondary N) is 1. The van der Waals surface area contributed by atoms with E-state index in [-0.39, 0.29) is 12.0 Å². The van der Waals surface area contributed by atoms with E-state index in [0.717, 1.165) is 0 Å². The van der Waals surface area contributed by atoms with Crippen LogP contribution in [0.15, 0.2) is 41.1 Å². The SMILES string of the molecule is CC(C)Oc1ccc(NC(=O)c2ccc(Br)nc2)cc1Cl. The second kappa shape index (κ2) is 6.91. The molecular formula is C15H14BrClN2O2. The molecule has 0 aliphatic heterocycles. The number of hydrogen-bond donors (Lipinski definition) is 1. The Kier molecular flexibility index (Phi) is 5.20. The topological polar surface area (TPSA) is 51.2 Å². The number of rotatable bonds is 4. The zero-order chi connectivity index (χ0) is 15.4. The van der Waals surface area contributed by atoms with Crippen molar-refractivity contribution in [3.63, 3.8) is 0 Å². The van der Waals surface area contributed by atoms with Gasteiger partial charge < -0.3 is 10.1 Å². The molecule has 0 fully saturated rings. The minimum atomic E-state index is -0.247. The molecule has 6 heteroatoms. The Bertz CT molecular complexity index is 645. The monoisotopic (exact) mass is 368 g/mol. The Morgan fingerprint density at radius 2 is 2.10 bits per heavy atom. The number of pyridine rings is 1. The van der Waals surface area contributed by atoms with Crippen molar-refractivity contribution in [3.05, 3.63) is 51.7 Å². The lowest BCUT2D eigenvalue weighted by Gasteiger charge is -2.12. The largest absolute Gasteiger partial charge is 0.489 e. The molecule has 1 amide bonds. The maximum Gasteiger partial charge on any atom is 0.257 e. The second-order valence-corrected chi connectivity index (χ2v) is 5.86. The first-order valence-corrected chi connectivity index (χ1v) is 7.52. The number of nitrogens with zero attached hydrogens (tertiary/aromatic N) is 1. The molecule has 0 saturated heterocycles. The van der Waals surface area contributed by atoms with E-state index in [2.05, 4.69) is 26.2 Å². The van der Waals surface area contributed by atoms with E-state index in [0.29, 0.717) is 26.6 Å². The third kappa shape index (κ3) is 4.44. The molecule has 110 valence electrons. The quantitative estimate of drug-likeness (QED) is 0.805. The van der Waals surface area contributed by atoms with Crippen LogP contribution in [0.2, 0.25) is 5.02 Å².